The molecule has 35 heavy (non-hydrogen) atoms. The lowest BCUT2D eigenvalue weighted by Crippen LogP contribution is -2.39. The highest BCUT2D eigenvalue weighted by atomic mass is 32.2. The molecule has 8 nitrogen and oxygen atoms in total. The van der Waals surface area contributed by atoms with E-state index in [1.807, 2.05) is 30.3 Å². The third-order valence-electron chi connectivity index (χ3n) is 6.50. The molecule has 2 aliphatic heterocycles. The number of carbonyl (C=O) groups is 1. The number of hydrogen-bond donors (Lipinski definition) is 1. The highest BCUT2D eigenvalue weighted by Gasteiger charge is 2.32. The van der Waals surface area contributed by atoms with Crippen molar-refractivity contribution in [1.82, 2.24) is 14.3 Å². The van der Waals surface area contributed by atoms with E-state index in [0.29, 0.717) is 24.5 Å². The van der Waals surface area contributed by atoms with Crippen molar-refractivity contribution in [3.63, 3.8) is 0 Å². The number of nitrogens with one attached hydrogen (secondary N) is 1. The number of carbonyl (C=O) groups excluding carboxylic acids is 1. The Labute approximate surface area is 206 Å². The highest BCUT2D eigenvalue weighted by molar-refractivity contribution is 7.89. The molecule has 0 bridgehead atoms. The summed E-state index contributed by atoms with van der Waals surface area (Å²) in [6.07, 6.45) is 3.93. The van der Waals surface area contributed by atoms with Crippen LogP contribution in [0.3, 0.4) is 0 Å². The van der Waals surface area contributed by atoms with Crippen molar-refractivity contribution in [2.45, 2.75) is 44.0 Å². The topological polar surface area (TPSA) is 95.5 Å². The van der Waals surface area contributed by atoms with Crippen molar-refractivity contribution in [2.24, 2.45) is 0 Å². The van der Waals surface area contributed by atoms with Gasteiger partial charge in [-0.25, -0.2) is 18.4 Å². The van der Waals surface area contributed by atoms with Gasteiger partial charge in [0.05, 0.1) is 10.6 Å². The summed E-state index contributed by atoms with van der Waals surface area (Å²) >= 11 is 0. The quantitative estimate of drug-likeness (QED) is 0.583. The van der Waals surface area contributed by atoms with E-state index >= 15 is 0 Å². The van der Waals surface area contributed by atoms with Crippen LogP contribution in [0.4, 0.5) is 11.5 Å². The van der Waals surface area contributed by atoms with Crippen LogP contribution in [0.1, 0.15) is 37.4 Å². The van der Waals surface area contributed by atoms with Crippen LogP contribution in [0.25, 0.3) is 11.4 Å². The van der Waals surface area contributed by atoms with E-state index in [-0.39, 0.29) is 17.3 Å². The van der Waals surface area contributed by atoms with Crippen molar-refractivity contribution in [2.75, 3.05) is 29.9 Å². The molecule has 1 saturated heterocycles. The Morgan fingerprint density at radius 3 is 2.31 bits per heavy atom. The summed E-state index contributed by atoms with van der Waals surface area (Å²) in [4.78, 5) is 23.6. The molecule has 3 aromatic rings. The molecule has 1 amide bonds. The second-order valence-electron chi connectivity index (χ2n) is 9.00. The Kier molecular flexibility index (Phi) is 6.53. The maximum Gasteiger partial charge on any atom is 0.243 e. The van der Waals surface area contributed by atoms with E-state index in [4.69, 9.17) is 9.97 Å². The lowest BCUT2D eigenvalue weighted by atomic mass is 10.0. The van der Waals surface area contributed by atoms with Crippen molar-refractivity contribution in [1.29, 1.82) is 0 Å². The second kappa shape index (κ2) is 9.75. The molecule has 2 aromatic carbocycles. The number of benzene rings is 2. The summed E-state index contributed by atoms with van der Waals surface area (Å²) in [5.41, 5.74) is 3.35. The van der Waals surface area contributed by atoms with Gasteiger partial charge < -0.3 is 10.2 Å². The number of piperidine rings is 1. The zero-order chi connectivity index (χ0) is 24.4. The van der Waals surface area contributed by atoms with Gasteiger partial charge in [0, 0.05) is 56.3 Å². The summed E-state index contributed by atoms with van der Waals surface area (Å²) < 4.78 is 28.5. The Hall–Kier alpha value is -3.30. The fraction of sp³-hybridized carbons (Fsp3) is 0.346. The van der Waals surface area contributed by atoms with Gasteiger partial charge in [-0.15, -0.1) is 0 Å². The largest absolute Gasteiger partial charge is 0.356 e. The van der Waals surface area contributed by atoms with Gasteiger partial charge in [0.1, 0.15) is 5.82 Å². The first kappa shape index (κ1) is 23.4. The van der Waals surface area contributed by atoms with Gasteiger partial charge in [-0.05, 0) is 43.5 Å². The summed E-state index contributed by atoms with van der Waals surface area (Å²) in [6, 6.07) is 16.2. The second-order valence-corrected chi connectivity index (χ2v) is 10.9. The molecule has 0 aliphatic carbocycles. The molecular formula is C26H29N5O3S. The number of amides is 1. The molecule has 182 valence electrons. The average molecular weight is 492 g/mol. The number of rotatable bonds is 5. The monoisotopic (exact) mass is 491 g/mol. The van der Waals surface area contributed by atoms with Gasteiger partial charge in [0.2, 0.25) is 15.9 Å². The minimum Gasteiger partial charge on any atom is -0.356 e. The van der Waals surface area contributed by atoms with Crippen LogP contribution >= 0.6 is 0 Å². The van der Waals surface area contributed by atoms with Crippen LogP contribution in [-0.2, 0) is 27.8 Å². The normalized spacial score (nSPS) is 16.5. The van der Waals surface area contributed by atoms with Crippen molar-refractivity contribution < 1.29 is 13.2 Å². The zero-order valence-corrected chi connectivity index (χ0v) is 20.6. The molecule has 9 heteroatoms. The molecule has 1 fully saturated rings. The standard InChI is InChI=1S/C26H29N5O3S/c1-19(32)27-21-10-12-22(13-11-21)35(33,34)31-17-14-24-23(18-31)26(30-15-6-3-7-16-30)29-25(28-24)20-8-4-2-5-9-20/h2,4-5,8-13H,3,6-7,14-18H2,1H3,(H,27,32). The SMILES string of the molecule is CC(=O)Nc1ccc(S(=O)(=O)N2CCc3nc(-c4ccccc4)nc(N4CCCCC4)c3C2)cc1. The summed E-state index contributed by atoms with van der Waals surface area (Å²) in [6.45, 7) is 3.84. The van der Waals surface area contributed by atoms with Crippen LogP contribution in [0.5, 0.6) is 0 Å². The van der Waals surface area contributed by atoms with Gasteiger partial charge in [-0.3, -0.25) is 4.79 Å². The van der Waals surface area contributed by atoms with Crippen molar-refractivity contribution in [3.05, 3.63) is 65.9 Å². The third kappa shape index (κ3) is 4.92. The maximum atomic E-state index is 13.5. The van der Waals surface area contributed by atoms with Crippen LogP contribution < -0.4 is 10.2 Å². The number of sulfonamides is 1. The first-order valence-electron chi connectivity index (χ1n) is 12.0. The average Bonchev–Trinajstić information content (AvgIpc) is 2.88. The van der Waals surface area contributed by atoms with E-state index < -0.39 is 10.0 Å². The molecule has 1 aromatic heterocycles. The molecular weight excluding hydrogens is 462 g/mol. The van der Waals surface area contributed by atoms with Gasteiger partial charge in [0.15, 0.2) is 5.82 Å². The van der Waals surface area contributed by atoms with Gasteiger partial charge in [-0.1, -0.05) is 30.3 Å². The van der Waals surface area contributed by atoms with E-state index in [1.54, 1.807) is 12.1 Å². The van der Waals surface area contributed by atoms with Gasteiger partial charge in [-0.2, -0.15) is 4.31 Å². The van der Waals surface area contributed by atoms with E-state index in [2.05, 4.69) is 10.2 Å². The van der Waals surface area contributed by atoms with Crippen LogP contribution in [0.15, 0.2) is 59.5 Å². The fourth-order valence-electron chi connectivity index (χ4n) is 4.72. The van der Waals surface area contributed by atoms with E-state index in [9.17, 15) is 13.2 Å². The number of anilines is 2. The first-order valence-corrected chi connectivity index (χ1v) is 13.4. The smallest absolute Gasteiger partial charge is 0.243 e. The molecule has 2 aliphatic rings. The molecule has 0 radical (unpaired) electrons. The van der Waals surface area contributed by atoms with E-state index in [0.717, 1.165) is 48.6 Å². The summed E-state index contributed by atoms with van der Waals surface area (Å²) in [5.74, 6) is 1.35. The van der Waals surface area contributed by atoms with Gasteiger partial charge >= 0.3 is 0 Å². The Morgan fingerprint density at radius 2 is 1.63 bits per heavy atom. The Morgan fingerprint density at radius 1 is 0.914 bits per heavy atom. The van der Waals surface area contributed by atoms with Crippen LogP contribution in [0, 0.1) is 0 Å². The summed E-state index contributed by atoms with van der Waals surface area (Å²) in [5, 5.41) is 2.67. The number of hydrogen-bond acceptors (Lipinski definition) is 6. The first-order chi connectivity index (χ1) is 16.9. The number of nitrogens with zero attached hydrogens (tertiary/aromatic N) is 4. The highest BCUT2D eigenvalue weighted by Crippen LogP contribution is 2.33. The molecule has 0 spiro atoms. The molecule has 0 atom stereocenters. The third-order valence-corrected chi connectivity index (χ3v) is 8.36. The van der Waals surface area contributed by atoms with Crippen LogP contribution in [-0.4, -0.2) is 48.2 Å². The fourth-order valence-corrected chi connectivity index (χ4v) is 6.13. The van der Waals surface area contributed by atoms with Crippen molar-refractivity contribution >= 4 is 27.4 Å². The maximum absolute atomic E-state index is 13.5. The molecule has 5 rings (SSSR count). The molecule has 0 saturated carbocycles. The minimum absolute atomic E-state index is 0.201. The molecule has 1 N–H and O–H groups in total. The predicted molar refractivity (Wildman–Crippen MR) is 136 cm³/mol. The van der Waals surface area contributed by atoms with Gasteiger partial charge in [0.25, 0.3) is 0 Å². The van der Waals surface area contributed by atoms with Crippen LogP contribution in [0.2, 0.25) is 0 Å². The molecule has 3 heterocycles. The minimum atomic E-state index is -3.71. The Balaban J connectivity index is 1.49. The van der Waals surface area contributed by atoms with E-state index in [1.165, 1.54) is 29.8 Å². The number of aromatic nitrogens is 2. The Bertz CT molecular complexity index is 1320. The predicted octanol–water partition coefficient (Wildman–Crippen LogP) is 3.84. The number of fused-ring (bicyclic) bond motifs is 1. The van der Waals surface area contributed by atoms with Crippen molar-refractivity contribution in [3.8, 4) is 11.4 Å². The lowest BCUT2D eigenvalue weighted by molar-refractivity contribution is -0.114. The molecule has 0 unspecified atom stereocenters. The zero-order valence-electron chi connectivity index (χ0n) is 19.8. The lowest BCUT2D eigenvalue weighted by Gasteiger charge is -2.34. The summed E-state index contributed by atoms with van der Waals surface area (Å²) in [7, 11) is -3.71.